The van der Waals surface area contributed by atoms with Crippen LogP contribution in [0.4, 0.5) is 0 Å². The summed E-state index contributed by atoms with van der Waals surface area (Å²) < 4.78 is 36.3. The minimum atomic E-state index is -4.51. The predicted molar refractivity (Wildman–Crippen MR) is 126 cm³/mol. The molecule has 0 unspecified atom stereocenters. The van der Waals surface area contributed by atoms with Gasteiger partial charge in [-0.15, -0.1) is 0 Å². The Bertz CT molecular complexity index is 878. The first-order valence-corrected chi connectivity index (χ1v) is 13.4. The van der Waals surface area contributed by atoms with Crippen LogP contribution in [0.2, 0.25) is 0 Å². The predicted octanol–water partition coefficient (Wildman–Crippen LogP) is 4.55. The van der Waals surface area contributed by atoms with Gasteiger partial charge in [-0.2, -0.15) is 0 Å². The maximum atomic E-state index is 12.1. The Labute approximate surface area is 212 Å². The van der Waals surface area contributed by atoms with Crippen molar-refractivity contribution in [2.24, 2.45) is 0 Å². The van der Waals surface area contributed by atoms with E-state index in [4.69, 9.17) is 0 Å². The number of benzene rings is 2. The van der Waals surface area contributed by atoms with Crippen molar-refractivity contribution in [3.05, 3.63) is 41.5 Å². The molecule has 0 fully saturated rings. The summed E-state index contributed by atoms with van der Waals surface area (Å²) >= 11 is 0. The van der Waals surface area contributed by atoms with Crippen LogP contribution in [-0.4, -0.2) is 13.0 Å². The minimum Gasteiger partial charge on any atom is -0.744 e. The molecule has 0 saturated carbocycles. The topological polar surface area (TPSA) is 57.2 Å². The molecule has 0 aliphatic heterocycles. The van der Waals surface area contributed by atoms with Gasteiger partial charge in [-0.25, -0.2) is 8.42 Å². The van der Waals surface area contributed by atoms with Gasteiger partial charge in [0.25, 0.3) is 0 Å². The van der Waals surface area contributed by atoms with Crippen molar-refractivity contribution in [1.82, 2.24) is 0 Å². The van der Waals surface area contributed by atoms with Crippen LogP contribution in [0.25, 0.3) is 10.8 Å². The Morgan fingerprint density at radius 1 is 0.742 bits per heavy atom. The molecule has 5 heteroatoms. The van der Waals surface area contributed by atoms with Crippen molar-refractivity contribution in [2.45, 2.75) is 109 Å². The molecule has 0 N–H and O–H groups in total. The van der Waals surface area contributed by atoms with Crippen LogP contribution in [-0.2, 0) is 23.0 Å². The van der Waals surface area contributed by atoms with Crippen LogP contribution in [0.3, 0.4) is 0 Å². The molecule has 0 amide bonds. The number of unbranched alkanes of at least 4 members (excludes halogenated alkanes) is 10. The maximum absolute atomic E-state index is 12.1. The fraction of sp³-hybridized carbons (Fsp3) is 0.615. The first-order valence-electron chi connectivity index (χ1n) is 12.0. The van der Waals surface area contributed by atoms with E-state index in [0.29, 0.717) is 5.39 Å². The van der Waals surface area contributed by atoms with E-state index in [1.54, 1.807) is 6.07 Å². The SMILES string of the molecule is CCCCCCCCc1cc(S(=O)(=O)[O-])c2c(CCCCCCCC)cccc2c1.[Na+]. The molecule has 0 saturated heterocycles. The smallest absolute Gasteiger partial charge is 0.744 e. The molecule has 31 heavy (non-hydrogen) atoms. The van der Waals surface area contributed by atoms with Gasteiger partial charge in [-0.3, -0.25) is 0 Å². The number of rotatable bonds is 15. The third-order valence-corrected chi connectivity index (χ3v) is 6.84. The van der Waals surface area contributed by atoms with Crippen LogP contribution in [0.1, 0.15) is 102 Å². The maximum Gasteiger partial charge on any atom is 1.00 e. The summed E-state index contributed by atoms with van der Waals surface area (Å²) in [6.45, 7) is 4.42. The zero-order valence-corrected chi connectivity index (χ0v) is 22.7. The number of fused-ring (bicyclic) bond motifs is 1. The van der Waals surface area contributed by atoms with E-state index < -0.39 is 10.1 Å². The van der Waals surface area contributed by atoms with Crippen LogP contribution in [0, 0.1) is 0 Å². The van der Waals surface area contributed by atoms with Gasteiger partial charge >= 0.3 is 29.6 Å². The number of aryl methyl sites for hydroxylation is 2. The standard InChI is InChI=1S/C26H40O3S.Na/c1-3-5-7-9-11-13-16-22-20-24-19-15-18-23(17-14-12-10-8-6-4-2)26(24)25(21-22)30(27,28)29;/h15,18-21H,3-14,16-17H2,1-2H3,(H,27,28,29);/q;+1/p-1. The molecule has 2 rings (SSSR count). The molecule has 3 nitrogen and oxygen atoms in total. The number of hydrogen-bond donors (Lipinski definition) is 0. The molecule has 0 aliphatic rings. The molecular formula is C26H39NaO3S. The largest absolute Gasteiger partial charge is 1.00 e. The summed E-state index contributed by atoms with van der Waals surface area (Å²) in [5.74, 6) is 0. The molecule has 2 aromatic carbocycles. The Kier molecular flexibility index (Phi) is 14.3. The Hall–Kier alpha value is -0.390. The second kappa shape index (κ2) is 15.4. The van der Waals surface area contributed by atoms with E-state index in [-0.39, 0.29) is 34.5 Å². The average Bonchev–Trinajstić information content (AvgIpc) is 2.72. The van der Waals surface area contributed by atoms with Gasteiger partial charge in [0.1, 0.15) is 10.1 Å². The van der Waals surface area contributed by atoms with E-state index >= 15 is 0 Å². The van der Waals surface area contributed by atoms with E-state index in [0.717, 1.165) is 55.0 Å². The van der Waals surface area contributed by atoms with Crippen LogP contribution < -0.4 is 29.6 Å². The molecule has 0 aromatic heterocycles. The second-order valence-electron chi connectivity index (χ2n) is 8.60. The summed E-state index contributed by atoms with van der Waals surface area (Å²) in [5, 5.41) is 1.53. The fourth-order valence-corrected chi connectivity index (χ4v) is 5.07. The summed E-state index contributed by atoms with van der Waals surface area (Å²) in [7, 11) is -4.51. The first-order chi connectivity index (χ1) is 14.5. The van der Waals surface area contributed by atoms with Gasteiger partial charge in [0.2, 0.25) is 0 Å². The van der Waals surface area contributed by atoms with Gasteiger partial charge < -0.3 is 4.55 Å². The molecule has 0 bridgehead atoms. The first kappa shape index (κ1) is 28.6. The molecule has 0 atom stereocenters. The van der Waals surface area contributed by atoms with Crippen molar-refractivity contribution in [3.63, 3.8) is 0 Å². The van der Waals surface area contributed by atoms with E-state index in [2.05, 4.69) is 19.9 Å². The number of hydrogen-bond acceptors (Lipinski definition) is 3. The van der Waals surface area contributed by atoms with Crippen molar-refractivity contribution in [2.75, 3.05) is 0 Å². The van der Waals surface area contributed by atoms with Gasteiger partial charge in [0.15, 0.2) is 0 Å². The fourth-order valence-electron chi connectivity index (χ4n) is 4.28. The summed E-state index contributed by atoms with van der Waals surface area (Å²) in [4.78, 5) is -0.0254. The molecule has 0 heterocycles. The van der Waals surface area contributed by atoms with Gasteiger partial charge in [0.05, 0.1) is 4.90 Å². The quantitative estimate of drug-likeness (QED) is 0.225. The summed E-state index contributed by atoms with van der Waals surface area (Å²) in [5.41, 5.74) is 1.95. The van der Waals surface area contributed by atoms with E-state index in [9.17, 15) is 13.0 Å². The van der Waals surface area contributed by atoms with E-state index in [1.807, 2.05) is 18.2 Å². The molecule has 2 aromatic rings. The normalized spacial score (nSPS) is 11.6. The van der Waals surface area contributed by atoms with Gasteiger partial charge in [0, 0.05) is 5.39 Å². The summed E-state index contributed by atoms with van der Waals surface area (Å²) in [6.07, 6.45) is 16.0. The van der Waals surface area contributed by atoms with Crippen molar-refractivity contribution in [1.29, 1.82) is 0 Å². The Balaban J connectivity index is 0.00000480. The van der Waals surface area contributed by atoms with Crippen molar-refractivity contribution in [3.8, 4) is 0 Å². The van der Waals surface area contributed by atoms with E-state index in [1.165, 1.54) is 51.4 Å². The molecule has 168 valence electrons. The molecule has 0 radical (unpaired) electrons. The molecule has 0 aliphatic carbocycles. The van der Waals surface area contributed by atoms with Crippen LogP contribution in [0.15, 0.2) is 35.2 Å². The minimum absolute atomic E-state index is 0. The van der Waals surface area contributed by atoms with Gasteiger partial charge in [-0.05, 0) is 48.3 Å². The molecular weight excluding hydrogens is 415 g/mol. The summed E-state index contributed by atoms with van der Waals surface area (Å²) in [6, 6.07) is 9.64. The molecule has 0 spiro atoms. The zero-order chi connectivity index (χ0) is 21.8. The van der Waals surface area contributed by atoms with Crippen molar-refractivity contribution >= 4 is 20.9 Å². The van der Waals surface area contributed by atoms with Crippen LogP contribution >= 0.6 is 0 Å². The Morgan fingerprint density at radius 2 is 1.29 bits per heavy atom. The van der Waals surface area contributed by atoms with Gasteiger partial charge in [-0.1, -0.05) is 102 Å². The third-order valence-electron chi connectivity index (χ3n) is 5.97. The zero-order valence-electron chi connectivity index (χ0n) is 19.9. The van der Waals surface area contributed by atoms with Crippen LogP contribution in [0.5, 0.6) is 0 Å². The monoisotopic (exact) mass is 454 g/mol. The third kappa shape index (κ3) is 9.96. The Morgan fingerprint density at radius 3 is 1.87 bits per heavy atom. The average molecular weight is 455 g/mol. The van der Waals surface area contributed by atoms with Crippen molar-refractivity contribution < 1.29 is 42.5 Å². The second-order valence-corrected chi connectivity index (χ2v) is 9.95.